The summed E-state index contributed by atoms with van der Waals surface area (Å²) in [6, 6.07) is 0. The van der Waals surface area contributed by atoms with Gasteiger partial charge in [-0.05, 0) is 116 Å². The fourth-order valence-corrected chi connectivity index (χ4v) is 7.01. The van der Waals surface area contributed by atoms with Gasteiger partial charge in [-0.15, -0.1) is 0 Å². The number of carbonyl (C=O) groups is 3. The maximum Gasteiger partial charge on any atom is 0.306 e. The fourth-order valence-electron chi connectivity index (χ4n) is 7.01. The van der Waals surface area contributed by atoms with Crippen LogP contribution >= 0.6 is 0 Å². The molecular formula is C59H98O6. The van der Waals surface area contributed by atoms with Crippen LogP contribution in [0.5, 0.6) is 0 Å². The van der Waals surface area contributed by atoms with Crippen molar-refractivity contribution in [3.05, 3.63) is 97.2 Å². The Morgan fingerprint density at radius 2 is 0.615 bits per heavy atom. The molecule has 0 aromatic carbocycles. The van der Waals surface area contributed by atoms with Gasteiger partial charge in [-0.2, -0.15) is 0 Å². The summed E-state index contributed by atoms with van der Waals surface area (Å²) in [7, 11) is 0. The van der Waals surface area contributed by atoms with Gasteiger partial charge >= 0.3 is 17.9 Å². The average Bonchev–Trinajstić information content (AvgIpc) is 3.30. The molecule has 0 bridgehead atoms. The van der Waals surface area contributed by atoms with Crippen LogP contribution in [0.3, 0.4) is 0 Å². The number of unbranched alkanes of at least 4 members (excludes halogenated alkanes) is 20. The van der Waals surface area contributed by atoms with E-state index in [1.165, 1.54) is 77.0 Å². The second-order valence-corrected chi connectivity index (χ2v) is 17.4. The highest BCUT2D eigenvalue weighted by atomic mass is 16.6. The summed E-state index contributed by atoms with van der Waals surface area (Å²) in [6.07, 6.45) is 69.6. The average molecular weight is 903 g/mol. The summed E-state index contributed by atoms with van der Waals surface area (Å²) >= 11 is 0. The maximum absolute atomic E-state index is 12.8. The minimum atomic E-state index is -0.799. The van der Waals surface area contributed by atoms with Crippen molar-refractivity contribution in [1.29, 1.82) is 0 Å². The van der Waals surface area contributed by atoms with Crippen molar-refractivity contribution in [3.63, 3.8) is 0 Å². The zero-order valence-electron chi connectivity index (χ0n) is 42.2. The first-order chi connectivity index (χ1) is 32.0. The Hall–Kier alpha value is -3.67. The van der Waals surface area contributed by atoms with Crippen LogP contribution in [0.15, 0.2) is 97.2 Å². The minimum absolute atomic E-state index is 0.0967. The summed E-state index contributed by atoms with van der Waals surface area (Å²) in [5, 5.41) is 0. The SMILES string of the molecule is CC/C=C\C/C=C\C/C=C\C/C=C\C/C=C\CCCCCC(=O)OC[C@H](COC(=O)CCCCCCCCC/C=C\C/C=C\CCCCC)OC(=O)CCCCCCC/C=C\CCCC. The van der Waals surface area contributed by atoms with Crippen LogP contribution in [-0.4, -0.2) is 37.2 Å². The maximum atomic E-state index is 12.8. The van der Waals surface area contributed by atoms with E-state index in [0.717, 1.165) is 122 Å². The molecule has 0 unspecified atom stereocenters. The molecular weight excluding hydrogens is 805 g/mol. The first-order valence-electron chi connectivity index (χ1n) is 26.7. The van der Waals surface area contributed by atoms with Gasteiger partial charge in [-0.3, -0.25) is 14.4 Å². The van der Waals surface area contributed by atoms with Gasteiger partial charge in [0, 0.05) is 19.3 Å². The quantitative estimate of drug-likeness (QED) is 0.0262. The lowest BCUT2D eigenvalue weighted by Crippen LogP contribution is -2.30. The molecule has 0 heterocycles. The molecule has 0 fully saturated rings. The Morgan fingerprint density at radius 1 is 0.323 bits per heavy atom. The van der Waals surface area contributed by atoms with E-state index in [1.54, 1.807) is 0 Å². The number of ether oxygens (including phenoxy) is 3. The summed E-state index contributed by atoms with van der Waals surface area (Å²) in [4.78, 5) is 38.0. The molecule has 0 saturated heterocycles. The molecule has 0 aromatic rings. The summed E-state index contributed by atoms with van der Waals surface area (Å²) in [6.45, 7) is 6.41. The van der Waals surface area contributed by atoms with Crippen LogP contribution in [0.4, 0.5) is 0 Å². The Labute approximate surface area is 400 Å². The van der Waals surface area contributed by atoms with Gasteiger partial charge in [0.1, 0.15) is 13.2 Å². The van der Waals surface area contributed by atoms with Crippen molar-refractivity contribution in [2.45, 2.75) is 245 Å². The van der Waals surface area contributed by atoms with Crippen LogP contribution in [0.1, 0.15) is 239 Å². The van der Waals surface area contributed by atoms with Crippen molar-refractivity contribution in [2.75, 3.05) is 13.2 Å². The molecule has 0 aromatic heterocycles. The van der Waals surface area contributed by atoms with Crippen LogP contribution in [0, 0.1) is 0 Å². The highest BCUT2D eigenvalue weighted by Gasteiger charge is 2.19. The molecule has 0 amide bonds. The minimum Gasteiger partial charge on any atom is -0.462 e. The van der Waals surface area contributed by atoms with E-state index < -0.39 is 6.10 Å². The second kappa shape index (κ2) is 52.9. The molecule has 0 aliphatic carbocycles. The fraction of sp³-hybridized carbons (Fsp3) is 0.678. The van der Waals surface area contributed by atoms with Crippen molar-refractivity contribution in [2.24, 2.45) is 0 Å². The van der Waals surface area contributed by atoms with Crippen molar-refractivity contribution < 1.29 is 28.6 Å². The Kier molecular flexibility index (Phi) is 50.0. The number of hydrogen-bond donors (Lipinski definition) is 0. The van der Waals surface area contributed by atoms with Crippen molar-refractivity contribution in [3.8, 4) is 0 Å². The normalized spacial score (nSPS) is 12.8. The van der Waals surface area contributed by atoms with Crippen LogP contribution in [-0.2, 0) is 28.6 Å². The molecule has 6 nitrogen and oxygen atoms in total. The summed E-state index contributed by atoms with van der Waals surface area (Å²) < 4.78 is 16.8. The van der Waals surface area contributed by atoms with E-state index in [-0.39, 0.29) is 31.1 Å². The third-order valence-corrected chi connectivity index (χ3v) is 11.0. The van der Waals surface area contributed by atoms with Gasteiger partial charge in [-0.25, -0.2) is 0 Å². The summed E-state index contributed by atoms with van der Waals surface area (Å²) in [5.41, 5.74) is 0. The van der Waals surface area contributed by atoms with Gasteiger partial charge in [0.05, 0.1) is 0 Å². The Balaban J connectivity index is 4.43. The molecule has 0 rings (SSSR count). The number of esters is 3. The van der Waals surface area contributed by atoms with Gasteiger partial charge in [0.25, 0.3) is 0 Å². The molecule has 0 aliphatic rings. The third kappa shape index (κ3) is 51.2. The molecule has 0 radical (unpaired) electrons. The van der Waals surface area contributed by atoms with Gasteiger partial charge < -0.3 is 14.2 Å². The molecule has 0 saturated carbocycles. The lowest BCUT2D eigenvalue weighted by atomic mass is 10.1. The number of allylic oxidation sites excluding steroid dienone is 16. The zero-order chi connectivity index (χ0) is 47.2. The van der Waals surface area contributed by atoms with E-state index in [9.17, 15) is 14.4 Å². The largest absolute Gasteiger partial charge is 0.462 e. The Morgan fingerprint density at radius 3 is 1.02 bits per heavy atom. The lowest BCUT2D eigenvalue weighted by Gasteiger charge is -2.18. The van der Waals surface area contributed by atoms with Crippen LogP contribution < -0.4 is 0 Å². The van der Waals surface area contributed by atoms with E-state index in [4.69, 9.17) is 14.2 Å². The number of hydrogen-bond acceptors (Lipinski definition) is 6. The molecule has 370 valence electrons. The first kappa shape index (κ1) is 61.3. The topological polar surface area (TPSA) is 78.9 Å². The van der Waals surface area contributed by atoms with E-state index in [0.29, 0.717) is 19.3 Å². The number of carbonyl (C=O) groups excluding carboxylic acids is 3. The van der Waals surface area contributed by atoms with E-state index in [1.807, 2.05) is 0 Å². The van der Waals surface area contributed by atoms with E-state index >= 15 is 0 Å². The second-order valence-electron chi connectivity index (χ2n) is 17.4. The zero-order valence-corrected chi connectivity index (χ0v) is 42.2. The standard InChI is InChI=1S/C59H98O6/c1-4-7-10-13-16-19-22-24-26-28-29-31-33-35-38-40-43-46-49-52-58(61)64-55-56(65-59(62)53-50-47-44-41-36-21-18-15-12-9-6-3)54-63-57(60)51-48-45-42-39-37-34-32-30-27-25-23-20-17-14-11-8-5-2/h7,10,15-20,24-27,29,31,35,38,56H,4-6,8-9,11-14,21-23,28,30,32-34,36-37,39-55H2,1-3H3/b10-7-,18-15-,19-16-,20-17-,26-24-,27-25-,31-29-,38-35-/t56-/m0/s1. The molecule has 1 atom stereocenters. The van der Waals surface area contributed by atoms with Gasteiger partial charge in [0.2, 0.25) is 0 Å². The van der Waals surface area contributed by atoms with Crippen molar-refractivity contribution >= 4 is 17.9 Å². The van der Waals surface area contributed by atoms with E-state index in [2.05, 4.69) is 118 Å². The van der Waals surface area contributed by atoms with Gasteiger partial charge in [-0.1, -0.05) is 201 Å². The molecule has 0 N–H and O–H groups in total. The highest BCUT2D eigenvalue weighted by molar-refractivity contribution is 5.71. The summed E-state index contributed by atoms with van der Waals surface area (Å²) in [5.74, 6) is -0.949. The number of rotatable bonds is 47. The van der Waals surface area contributed by atoms with Crippen LogP contribution in [0.2, 0.25) is 0 Å². The highest BCUT2D eigenvalue weighted by Crippen LogP contribution is 2.13. The van der Waals surface area contributed by atoms with Crippen molar-refractivity contribution in [1.82, 2.24) is 0 Å². The lowest BCUT2D eigenvalue weighted by molar-refractivity contribution is -0.167. The molecule has 0 spiro atoms. The monoisotopic (exact) mass is 903 g/mol. The molecule has 6 heteroatoms. The smallest absolute Gasteiger partial charge is 0.306 e. The Bertz CT molecular complexity index is 1310. The molecule has 65 heavy (non-hydrogen) atoms. The predicted molar refractivity (Wildman–Crippen MR) is 279 cm³/mol. The first-order valence-corrected chi connectivity index (χ1v) is 26.7. The predicted octanol–water partition coefficient (Wildman–Crippen LogP) is 17.8. The van der Waals surface area contributed by atoms with Gasteiger partial charge in [0.15, 0.2) is 6.10 Å². The third-order valence-electron chi connectivity index (χ3n) is 11.0. The molecule has 0 aliphatic heterocycles. The van der Waals surface area contributed by atoms with Crippen LogP contribution in [0.25, 0.3) is 0 Å².